The van der Waals surface area contributed by atoms with E-state index in [1.54, 1.807) is 0 Å². The van der Waals surface area contributed by atoms with Gasteiger partial charge in [0.25, 0.3) is 5.91 Å². The molecule has 0 aliphatic heterocycles. The molecular weight excluding hydrogens is 438 g/mol. The van der Waals surface area contributed by atoms with Crippen molar-refractivity contribution >= 4 is 23.9 Å². The van der Waals surface area contributed by atoms with Crippen LogP contribution < -0.4 is 10.6 Å². The summed E-state index contributed by atoms with van der Waals surface area (Å²) < 4.78 is 10.5. The first-order chi connectivity index (χ1) is 16.4. The minimum Gasteiger partial charge on any atom is -0.480 e. The van der Waals surface area contributed by atoms with Gasteiger partial charge >= 0.3 is 12.1 Å². The van der Waals surface area contributed by atoms with Crippen molar-refractivity contribution < 1.29 is 28.8 Å². The van der Waals surface area contributed by atoms with Crippen molar-refractivity contribution in [1.29, 1.82) is 0 Å². The zero-order valence-corrected chi connectivity index (χ0v) is 18.4. The molecular formula is C25H23N3O6. The molecule has 1 saturated carbocycles. The number of carbonyl (C=O) groups excluding carboxylic acids is 2. The summed E-state index contributed by atoms with van der Waals surface area (Å²) in [6, 6.07) is 17.2. The third-order valence-corrected chi connectivity index (χ3v) is 6.52. The van der Waals surface area contributed by atoms with Crippen molar-refractivity contribution in [3.05, 3.63) is 71.4 Å². The number of hydrogen-bond donors (Lipinski definition) is 3. The highest BCUT2D eigenvalue weighted by Gasteiger charge is 2.49. The lowest BCUT2D eigenvalue weighted by atomic mass is 9.96. The zero-order chi connectivity index (χ0) is 23.9. The second-order valence-corrected chi connectivity index (χ2v) is 8.76. The first-order valence-corrected chi connectivity index (χ1v) is 11.0. The molecule has 1 heterocycles. The van der Waals surface area contributed by atoms with Crippen molar-refractivity contribution in [2.24, 2.45) is 5.92 Å². The van der Waals surface area contributed by atoms with Crippen molar-refractivity contribution in [2.45, 2.75) is 31.2 Å². The standard InChI is InChI=1S/C25H23N3O6/c1-25(23(30)31,14-10-11-14)27-22(29)20-12-21(34-28-20)26-24(32)33-13-19-17-8-4-2-6-15(17)16-7-3-5-9-18(16)19/h2-9,12,14,19H,10-11,13H2,1H3,(H,26,32)(H,27,29)(H,30,31). The van der Waals surface area contributed by atoms with Crippen LogP contribution in [0.4, 0.5) is 10.7 Å². The monoisotopic (exact) mass is 461 g/mol. The van der Waals surface area contributed by atoms with Crippen molar-refractivity contribution in [3.8, 4) is 11.1 Å². The van der Waals surface area contributed by atoms with Gasteiger partial charge in [0.1, 0.15) is 12.1 Å². The molecule has 0 radical (unpaired) electrons. The van der Waals surface area contributed by atoms with E-state index in [0.717, 1.165) is 35.1 Å². The normalized spacial score (nSPS) is 16.1. The predicted molar refractivity (Wildman–Crippen MR) is 121 cm³/mol. The van der Waals surface area contributed by atoms with Gasteiger partial charge in [-0.05, 0) is 47.9 Å². The van der Waals surface area contributed by atoms with E-state index in [2.05, 4.69) is 15.8 Å². The first kappa shape index (κ1) is 21.7. The van der Waals surface area contributed by atoms with Crippen LogP contribution in [0.15, 0.2) is 59.1 Å². The third-order valence-electron chi connectivity index (χ3n) is 6.52. The summed E-state index contributed by atoms with van der Waals surface area (Å²) in [4.78, 5) is 36.5. The van der Waals surface area contributed by atoms with Crippen LogP contribution in [0.1, 0.15) is 47.3 Å². The molecule has 3 aromatic rings. The van der Waals surface area contributed by atoms with Gasteiger partial charge in [0, 0.05) is 12.0 Å². The van der Waals surface area contributed by atoms with Gasteiger partial charge in [-0.15, -0.1) is 0 Å². The third kappa shape index (κ3) is 3.89. The summed E-state index contributed by atoms with van der Waals surface area (Å²) in [7, 11) is 0. The number of amides is 2. The van der Waals surface area contributed by atoms with Crippen LogP contribution >= 0.6 is 0 Å². The van der Waals surface area contributed by atoms with Gasteiger partial charge in [0.15, 0.2) is 5.69 Å². The quantitative estimate of drug-likeness (QED) is 0.484. The lowest BCUT2D eigenvalue weighted by Gasteiger charge is -2.25. The van der Waals surface area contributed by atoms with E-state index < -0.39 is 23.5 Å². The fourth-order valence-electron chi connectivity index (χ4n) is 4.47. The lowest BCUT2D eigenvalue weighted by Crippen LogP contribution is -2.54. The second-order valence-electron chi connectivity index (χ2n) is 8.76. The van der Waals surface area contributed by atoms with E-state index >= 15 is 0 Å². The Hall–Kier alpha value is -4.14. The Kier molecular flexibility index (Phi) is 5.31. The number of carbonyl (C=O) groups is 3. The van der Waals surface area contributed by atoms with Crippen LogP contribution in [0.3, 0.4) is 0 Å². The molecule has 9 nitrogen and oxygen atoms in total. The molecule has 9 heteroatoms. The first-order valence-electron chi connectivity index (χ1n) is 11.0. The minimum absolute atomic E-state index is 0.0779. The summed E-state index contributed by atoms with van der Waals surface area (Å²) in [6.45, 7) is 1.60. The van der Waals surface area contributed by atoms with E-state index in [1.165, 1.54) is 13.0 Å². The number of benzene rings is 2. The smallest absolute Gasteiger partial charge is 0.414 e. The predicted octanol–water partition coefficient (Wildman–Crippen LogP) is 4.02. The van der Waals surface area contributed by atoms with Crippen molar-refractivity contribution in [2.75, 3.05) is 11.9 Å². The fourth-order valence-corrected chi connectivity index (χ4v) is 4.47. The number of hydrogen-bond acceptors (Lipinski definition) is 6. The van der Waals surface area contributed by atoms with Crippen molar-refractivity contribution in [3.63, 3.8) is 0 Å². The van der Waals surface area contributed by atoms with E-state index in [-0.39, 0.29) is 30.0 Å². The van der Waals surface area contributed by atoms with Gasteiger partial charge < -0.3 is 19.7 Å². The second kappa shape index (κ2) is 8.33. The van der Waals surface area contributed by atoms with Crippen LogP contribution in [0.2, 0.25) is 0 Å². The van der Waals surface area contributed by atoms with E-state index in [4.69, 9.17) is 9.26 Å². The number of aromatic nitrogens is 1. The van der Waals surface area contributed by atoms with Crippen LogP contribution in [-0.2, 0) is 9.53 Å². The molecule has 174 valence electrons. The average Bonchev–Trinajstić information content (AvgIpc) is 3.51. The number of rotatable bonds is 7. The number of nitrogens with zero attached hydrogens (tertiary/aromatic N) is 1. The van der Waals surface area contributed by atoms with Gasteiger partial charge in [-0.3, -0.25) is 10.1 Å². The number of fused-ring (bicyclic) bond motifs is 3. The number of aliphatic carboxylic acids is 1. The molecule has 0 spiro atoms. The molecule has 34 heavy (non-hydrogen) atoms. The highest BCUT2D eigenvalue weighted by atomic mass is 16.6. The van der Waals surface area contributed by atoms with Gasteiger partial charge in [-0.1, -0.05) is 53.7 Å². The molecule has 5 rings (SSSR count). The highest BCUT2D eigenvalue weighted by molar-refractivity contribution is 5.97. The maximum atomic E-state index is 12.5. The number of carboxylic acid groups (broad SMARTS) is 1. The number of carboxylic acids is 1. The van der Waals surface area contributed by atoms with Crippen LogP contribution in [0.25, 0.3) is 11.1 Å². The van der Waals surface area contributed by atoms with Gasteiger partial charge in [-0.25, -0.2) is 9.59 Å². The zero-order valence-electron chi connectivity index (χ0n) is 18.4. The molecule has 1 aromatic heterocycles. The Balaban J connectivity index is 1.21. The number of nitrogens with one attached hydrogen (secondary N) is 2. The maximum absolute atomic E-state index is 12.5. The number of anilines is 1. The largest absolute Gasteiger partial charge is 0.480 e. The molecule has 2 aromatic carbocycles. The molecule has 2 aliphatic rings. The topological polar surface area (TPSA) is 131 Å². The highest BCUT2D eigenvalue weighted by Crippen LogP contribution is 2.44. The fraction of sp³-hybridized carbons (Fsp3) is 0.280. The average molecular weight is 461 g/mol. The summed E-state index contributed by atoms with van der Waals surface area (Å²) >= 11 is 0. The summed E-state index contributed by atoms with van der Waals surface area (Å²) in [5.74, 6) is -2.10. The molecule has 2 amide bonds. The molecule has 1 atom stereocenters. The summed E-state index contributed by atoms with van der Waals surface area (Å²) in [5, 5.41) is 18.1. The van der Waals surface area contributed by atoms with Crippen molar-refractivity contribution in [1.82, 2.24) is 10.5 Å². The molecule has 0 saturated heterocycles. The Labute approximate surface area is 195 Å². The lowest BCUT2D eigenvalue weighted by molar-refractivity contribution is -0.144. The van der Waals surface area contributed by atoms with Crippen LogP contribution in [-0.4, -0.2) is 40.4 Å². The van der Waals surface area contributed by atoms with Gasteiger partial charge in [-0.2, -0.15) is 0 Å². The summed E-state index contributed by atoms with van der Waals surface area (Å²) in [5.41, 5.74) is 2.91. The Bertz CT molecular complexity index is 1240. The van der Waals surface area contributed by atoms with Crippen LogP contribution in [0, 0.1) is 5.92 Å². The van der Waals surface area contributed by atoms with Gasteiger partial charge in [0.05, 0.1) is 0 Å². The summed E-state index contributed by atoms with van der Waals surface area (Å²) in [6.07, 6.45) is 0.714. The Morgan fingerprint density at radius 1 is 1.09 bits per heavy atom. The maximum Gasteiger partial charge on any atom is 0.414 e. The van der Waals surface area contributed by atoms with Gasteiger partial charge in [0.2, 0.25) is 5.88 Å². The molecule has 3 N–H and O–H groups in total. The molecule has 1 fully saturated rings. The Morgan fingerprint density at radius 2 is 1.71 bits per heavy atom. The molecule has 0 bridgehead atoms. The van der Waals surface area contributed by atoms with E-state index in [1.807, 2.05) is 48.5 Å². The minimum atomic E-state index is -1.38. The molecule has 2 aliphatic carbocycles. The van der Waals surface area contributed by atoms with Crippen LogP contribution in [0.5, 0.6) is 0 Å². The van der Waals surface area contributed by atoms with E-state index in [0.29, 0.717) is 0 Å². The molecule has 1 unspecified atom stereocenters. The van der Waals surface area contributed by atoms with E-state index in [9.17, 15) is 19.5 Å². The SMILES string of the molecule is CC(NC(=O)c1cc(NC(=O)OCC2c3ccccc3-c3ccccc32)on1)(C(=O)O)C1CC1. The number of ether oxygens (including phenoxy) is 1. The Morgan fingerprint density at radius 3 is 2.29 bits per heavy atom.